The maximum atomic E-state index is 11.5. The lowest BCUT2D eigenvalue weighted by Crippen LogP contribution is -2.21. The molecule has 0 radical (unpaired) electrons. The second-order valence-corrected chi connectivity index (χ2v) is 11.1. The molecular weight excluding hydrogens is 611 g/mol. The topological polar surface area (TPSA) is 182 Å². The second kappa shape index (κ2) is 13.0. The van der Waals surface area contributed by atoms with Crippen molar-refractivity contribution in [2.24, 2.45) is 5.14 Å². The third-order valence-electron chi connectivity index (χ3n) is 5.36. The van der Waals surface area contributed by atoms with Crippen LogP contribution < -0.4 is 20.5 Å². The highest BCUT2D eigenvalue weighted by Gasteiger charge is 2.38. The zero-order chi connectivity index (χ0) is 31.2. The van der Waals surface area contributed by atoms with Crippen LogP contribution in [-0.2, 0) is 21.2 Å². The Kier molecular flexibility index (Phi) is 9.37. The molecule has 0 aliphatic heterocycles. The third-order valence-corrected chi connectivity index (χ3v) is 7.17. The fourth-order valence-electron chi connectivity index (χ4n) is 3.45. The number of rotatable bonds is 8. The highest BCUT2D eigenvalue weighted by atomic mass is 32.2. The van der Waals surface area contributed by atoms with E-state index >= 15 is 0 Å². The predicted molar refractivity (Wildman–Crippen MR) is 153 cm³/mol. The Bertz CT molecular complexity index is 1840. The Morgan fingerprint density at radius 3 is 2.26 bits per heavy atom. The molecule has 5 N–H and O–H groups in total. The number of carbonyl (C=O) groups is 1. The first-order valence-electron chi connectivity index (χ1n) is 12.0. The van der Waals surface area contributed by atoms with Gasteiger partial charge in [0.2, 0.25) is 21.9 Å². The van der Waals surface area contributed by atoms with Crippen molar-refractivity contribution in [3.63, 3.8) is 0 Å². The Morgan fingerprint density at radius 2 is 1.65 bits per heavy atom. The highest BCUT2D eigenvalue weighted by molar-refractivity contribution is 7.89. The number of thiazole rings is 1. The minimum Gasteiger partial charge on any atom is -0.481 e. The molecule has 0 atom stereocenters. The normalized spacial score (nSPS) is 11.4. The molecule has 5 aromatic rings. The summed E-state index contributed by atoms with van der Waals surface area (Å²) < 4.78 is 60.0. The van der Waals surface area contributed by atoms with Gasteiger partial charge in [-0.2, -0.15) is 18.2 Å². The molecule has 0 aliphatic carbocycles. The SMILES string of the molecule is COc1ccc2nc(Nc3cc(Cc4ccccc4)nc(Nc4ccc(S(N)(=O)=O)cc4)n3)sc2n1.O=C(O)C(F)(F)F. The van der Waals surface area contributed by atoms with Crippen molar-refractivity contribution in [3.05, 3.63) is 84.1 Å². The smallest absolute Gasteiger partial charge is 0.481 e. The number of nitrogens with zero attached hydrogens (tertiary/aromatic N) is 4. The number of benzene rings is 2. The van der Waals surface area contributed by atoms with Crippen LogP contribution in [0, 0.1) is 0 Å². The van der Waals surface area contributed by atoms with Crippen molar-refractivity contribution in [2.75, 3.05) is 17.7 Å². The number of alkyl halides is 3. The lowest BCUT2D eigenvalue weighted by Gasteiger charge is -2.11. The molecule has 3 aromatic heterocycles. The van der Waals surface area contributed by atoms with Crippen molar-refractivity contribution in [1.82, 2.24) is 19.9 Å². The van der Waals surface area contributed by atoms with Crippen molar-refractivity contribution in [1.29, 1.82) is 0 Å². The van der Waals surface area contributed by atoms with E-state index in [1.54, 1.807) is 25.3 Å². The van der Waals surface area contributed by atoms with Crippen LogP contribution >= 0.6 is 11.3 Å². The van der Waals surface area contributed by atoms with Gasteiger partial charge < -0.3 is 20.5 Å². The number of nitrogens with two attached hydrogens (primary N) is 1. The van der Waals surface area contributed by atoms with Crippen LogP contribution in [0.3, 0.4) is 0 Å². The van der Waals surface area contributed by atoms with E-state index in [0.29, 0.717) is 34.9 Å². The summed E-state index contributed by atoms with van der Waals surface area (Å²) in [6, 6.07) is 21.5. The van der Waals surface area contributed by atoms with E-state index in [0.717, 1.165) is 21.6 Å². The minimum absolute atomic E-state index is 0.0234. The quantitative estimate of drug-likeness (QED) is 0.183. The first-order chi connectivity index (χ1) is 20.3. The van der Waals surface area contributed by atoms with Crippen LogP contribution in [0.15, 0.2) is 77.7 Å². The molecule has 224 valence electrons. The van der Waals surface area contributed by atoms with Crippen LogP contribution in [0.25, 0.3) is 10.3 Å². The van der Waals surface area contributed by atoms with Crippen molar-refractivity contribution >= 4 is 60.3 Å². The number of sulfonamides is 1. The summed E-state index contributed by atoms with van der Waals surface area (Å²) in [4.78, 5) is 27.9. The van der Waals surface area contributed by atoms with Gasteiger partial charge in [-0.15, -0.1) is 0 Å². The van der Waals surface area contributed by atoms with Crippen molar-refractivity contribution < 1.29 is 36.2 Å². The van der Waals surface area contributed by atoms with E-state index in [1.165, 1.54) is 23.5 Å². The van der Waals surface area contributed by atoms with Gasteiger partial charge in [-0.1, -0.05) is 41.7 Å². The van der Waals surface area contributed by atoms with Gasteiger partial charge in [0, 0.05) is 24.2 Å². The minimum atomic E-state index is -5.08. The largest absolute Gasteiger partial charge is 0.490 e. The lowest BCUT2D eigenvalue weighted by molar-refractivity contribution is -0.192. The number of halogens is 3. The van der Waals surface area contributed by atoms with Gasteiger partial charge in [0.05, 0.1) is 17.7 Å². The van der Waals surface area contributed by atoms with Gasteiger partial charge in [0.25, 0.3) is 0 Å². The van der Waals surface area contributed by atoms with Gasteiger partial charge in [0.15, 0.2) is 5.13 Å². The number of hydrogen-bond donors (Lipinski definition) is 4. The number of carboxylic acid groups (broad SMARTS) is 1. The number of pyridine rings is 1. The molecule has 0 amide bonds. The molecule has 0 aliphatic rings. The maximum absolute atomic E-state index is 11.5. The number of aliphatic carboxylic acids is 1. The van der Waals surface area contributed by atoms with Crippen LogP contribution in [0.5, 0.6) is 5.88 Å². The Balaban J connectivity index is 0.000000541. The van der Waals surface area contributed by atoms with E-state index in [1.807, 2.05) is 42.5 Å². The van der Waals surface area contributed by atoms with E-state index in [9.17, 15) is 21.6 Å². The fraction of sp³-hybridized carbons (Fsp3) is 0.115. The Morgan fingerprint density at radius 1 is 0.977 bits per heavy atom. The van der Waals surface area contributed by atoms with Crippen molar-refractivity contribution in [3.8, 4) is 5.88 Å². The summed E-state index contributed by atoms with van der Waals surface area (Å²) in [7, 11) is -2.21. The number of primary sulfonamides is 1. The van der Waals surface area contributed by atoms with Crippen LogP contribution in [-0.4, -0.2) is 52.7 Å². The van der Waals surface area contributed by atoms with Crippen molar-refractivity contribution in [2.45, 2.75) is 17.5 Å². The summed E-state index contributed by atoms with van der Waals surface area (Å²) in [5.74, 6) is -1.35. The van der Waals surface area contributed by atoms with E-state index < -0.39 is 22.2 Å². The summed E-state index contributed by atoms with van der Waals surface area (Å²) in [5.41, 5.74) is 3.24. The van der Waals surface area contributed by atoms with E-state index in [4.69, 9.17) is 19.8 Å². The molecule has 2 aromatic carbocycles. The lowest BCUT2D eigenvalue weighted by atomic mass is 10.1. The van der Waals surface area contributed by atoms with Crippen LogP contribution in [0.1, 0.15) is 11.3 Å². The monoisotopic (exact) mass is 633 g/mol. The molecule has 0 bridgehead atoms. The van der Waals surface area contributed by atoms with Gasteiger partial charge in [-0.25, -0.2) is 33.3 Å². The highest BCUT2D eigenvalue weighted by Crippen LogP contribution is 2.29. The summed E-state index contributed by atoms with van der Waals surface area (Å²) in [6.07, 6.45) is -4.49. The number of carboxylic acids is 1. The Hall–Kier alpha value is -4.87. The summed E-state index contributed by atoms with van der Waals surface area (Å²) in [6.45, 7) is 0. The van der Waals surface area contributed by atoms with E-state index in [-0.39, 0.29) is 4.90 Å². The number of methoxy groups -OCH3 is 1. The molecule has 0 spiro atoms. The number of nitrogens with one attached hydrogen (secondary N) is 2. The fourth-order valence-corrected chi connectivity index (χ4v) is 4.80. The summed E-state index contributed by atoms with van der Waals surface area (Å²) in [5, 5.41) is 19.3. The van der Waals surface area contributed by atoms with Gasteiger partial charge >= 0.3 is 12.1 Å². The number of hydrogen-bond acceptors (Lipinski definition) is 11. The molecule has 5 rings (SSSR count). The van der Waals surface area contributed by atoms with E-state index in [2.05, 4.69) is 30.6 Å². The molecule has 0 saturated heterocycles. The average molecular weight is 634 g/mol. The zero-order valence-electron chi connectivity index (χ0n) is 22.0. The molecular formula is C26H22F3N7O5S2. The van der Waals surface area contributed by atoms with Gasteiger partial charge in [-0.3, -0.25) is 0 Å². The number of aromatic nitrogens is 4. The molecule has 43 heavy (non-hydrogen) atoms. The number of ether oxygens (including phenoxy) is 1. The molecule has 0 unspecified atom stereocenters. The summed E-state index contributed by atoms with van der Waals surface area (Å²) >= 11 is 1.38. The van der Waals surface area contributed by atoms with Crippen LogP contribution in [0.2, 0.25) is 0 Å². The molecule has 0 saturated carbocycles. The third kappa shape index (κ3) is 8.81. The maximum Gasteiger partial charge on any atom is 0.490 e. The first-order valence-corrected chi connectivity index (χ1v) is 14.4. The molecule has 3 heterocycles. The number of anilines is 4. The predicted octanol–water partition coefficient (Wildman–Crippen LogP) is 4.85. The number of fused-ring (bicyclic) bond motifs is 1. The second-order valence-electron chi connectivity index (χ2n) is 8.55. The Labute approximate surface area is 246 Å². The molecule has 12 nitrogen and oxygen atoms in total. The van der Waals surface area contributed by atoms with Gasteiger partial charge in [0.1, 0.15) is 16.2 Å². The zero-order valence-corrected chi connectivity index (χ0v) is 23.7. The molecule has 17 heteroatoms. The first kappa shape index (κ1) is 31.1. The van der Waals surface area contributed by atoms with Gasteiger partial charge in [-0.05, 0) is 35.9 Å². The average Bonchev–Trinajstić information content (AvgIpc) is 3.34. The van der Waals surface area contributed by atoms with Crippen LogP contribution in [0.4, 0.5) is 35.8 Å². The molecule has 0 fully saturated rings. The standard InChI is InChI=1S/C24H21N7O3S2.C2HF3O2/c1-34-21-12-11-19-22(31-21)35-24(28-19)30-20-14-17(13-15-5-3-2-4-6-15)27-23(29-20)26-16-7-9-18(10-8-16)36(25,32)33;3-2(4,5)1(6)7/h2-12,14H,13H2,1H3,(H2,25,32,33)(H2,26,27,28,29,30);(H,6,7).